The molecular formula is C8H17N3O6S. The minimum Gasteiger partial charge on any atom is -0.480 e. The molecule has 10 heteroatoms. The van der Waals surface area contributed by atoms with Crippen molar-refractivity contribution in [1.82, 2.24) is 10.6 Å². The number of nitrogens with two attached hydrogens (primary N) is 1. The molecule has 0 aliphatic carbocycles. The van der Waals surface area contributed by atoms with Crippen LogP contribution in [0, 0.1) is 0 Å². The smallest absolute Gasteiger partial charge is 0.328 e. The first-order chi connectivity index (χ1) is 8.26. The van der Waals surface area contributed by atoms with Crippen molar-refractivity contribution in [3.05, 3.63) is 0 Å². The Kier molecular flexibility index (Phi) is 7.24. The molecule has 0 fully saturated rings. The van der Waals surface area contributed by atoms with Crippen LogP contribution < -0.4 is 15.8 Å². The lowest BCUT2D eigenvalue weighted by Gasteiger charge is -2.13. The first-order valence-corrected chi connectivity index (χ1v) is 6.74. The molecule has 0 aromatic carbocycles. The van der Waals surface area contributed by atoms with E-state index in [1.54, 1.807) is 0 Å². The van der Waals surface area contributed by atoms with E-state index in [2.05, 4.69) is 15.4 Å². The normalized spacial score (nSPS) is 12.8. The van der Waals surface area contributed by atoms with Gasteiger partial charge in [0.1, 0.15) is 0 Å². The third-order valence-electron chi connectivity index (χ3n) is 1.83. The summed E-state index contributed by atoms with van der Waals surface area (Å²) in [6.45, 7) is -0.0957. The number of carboxylic acids is 1. The number of nitrogens with one attached hydrogen (secondary N) is 2. The second-order valence-electron chi connectivity index (χ2n) is 3.47. The summed E-state index contributed by atoms with van der Waals surface area (Å²) in [5.74, 6) is -1.48. The van der Waals surface area contributed by atoms with Gasteiger partial charge < -0.3 is 20.5 Å². The van der Waals surface area contributed by atoms with Gasteiger partial charge in [-0.3, -0.25) is 0 Å². The molecule has 18 heavy (non-hydrogen) atoms. The highest BCUT2D eigenvalue weighted by Crippen LogP contribution is 1.87. The summed E-state index contributed by atoms with van der Waals surface area (Å²) in [6.07, 6.45) is 0.147. The van der Waals surface area contributed by atoms with Crippen molar-refractivity contribution in [2.24, 2.45) is 5.14 Å². The van der Waals surface area contributed by atoms with Crippen LogP contribution in [0.1, 0.15) is 6.42 Å². The number of ether oxygens (including phenoxy) is 1. The first kappa shape index (κ1) is 16.6. The molecule has 0 aliphatic heterocycles. The molecule has 0 heterocycles. The standard InChI is InChI=1S/C8H17N3O6S/c1-17-5-6(7(12)13)11-8(14)10-3-2-4-18(9,15)16/h6H,2-5H2,1H3,(H,12,13)(H2,9,15,16)(H2,10,11,14). The second-order valence-corrected chi connectivity index (χ2v) is 5.20. The Hall–Kier alpha value is -1.39. The number of methoxy groups -OCH3 is 1. The number of hydrogen-bond acceptors (Lipinski definition) is 5. The van der Waals surface area contributed by atoms with Gasteiger partial charge >= 0.3 is 12.0 Å². The number of rotatable bonds is 8. The van der Waals surface area contributed by atoms with Gasteiger partial charge in [-0.2, -0.15) is 0 Å². The van der Waals surface area contributed by atoms with E-state index in [0.29, 0.717) is 0 Å². The molecule has 5 N–H and O–H groups in total. The van der Waals surface area contributed by atoms with Gasteiger partial charge in [0.15, 0.2) is 6.04 Å². The van der Waals surface area contributed by atoms with Crippen molar-refractivity contribution in [3.63, 3.8) is 0 Å². The SMILES string of the molecule is COCC(NC(=O)NCCCS(N)(=O)=O)C(=O)O. The summed E-state index contributed by atoms with van der Waals surface area (Å²) in [4.78, 5) is 21.9. The van der Waals surface area contributed by atoms with Gasteiger partial charge in [0.25, 0.3) is 0 Å². The molecule has 0 saturated carbocycles. The molecule has 0 radical (unpaired) electrons. The summed E-state index contributed by atoms with van der Waals surface area (Å²) in [5.41, 5.74) is 0. The topological polar surface area (TPSA) is 148 Å². The predicted molar refractivity (Wildman–Crippen MR) is 62.4 cm³/mol. The summed E-state index contributed by atoms with van der Waals surface area (Å²) in [7, 11) is -2.25. The van der Waals surface area contributed by atoms with Crippen LogP contribution in [0.25, 0.3) is 0 Å². The van der Waals surface area contributed by atoms with Crippen molar-refractivity contribution in [2.75, 3.05) is 26.0 Å². The zero-order valence-electron chi connectivity index (χ0n) is 9.88. The van der Waals surface area contributed by atoms with Crippen molar-refractivity contribution in [3.8, 4) is 0 Å². The van der Waals surface area contributed by atoms with E-state index >= 15 is 0 Å². The highest BCUT2D eigenvalue weighted by molar-refractivity contribution is 7.89. The lowest BCUT2D eigenvalue weighted by Crippen LogP contribution is -2.48. The maximum Gasteiger partial charge on any atom is 0.328 e. The Labute approximate surface area is 105 Å². The number of carboxylic acid groups (broad SMARTS) is 1. The minimum atomic E-state index is -3.55. The molecule has 0 aromatic heterocycles. The summed E-state index contributed by atoms with van der Waals surface area (Å²) in [6, 6.07) is -1.87. The van der Waals surface area contributed by atoms with Crippen molar-refractivity contribution in [2.45, 2.75) is 12.5 Å². The molecule has 0 bridgehead atoms. The fraction of sp³-hybridized carbons (Fsp3) is 0.750. The Morgan fingerprint density at radius 3 is 2.50 bits per heavy atom. The zero-order chi connectivity index (χ0) is 14.2. The second kappa shape index (κ2) is 7.84. The molecule has 0 saturated heterocycles. The van der Waals surface area contributed by atoms with E-state index in [-0.39, 0.29) is 25.3 Å². The van der Waals surface area contributed by atoms with E-state index in [9.17, 15) is 18.0 Å². The minimum absolute atomic E-state index is 0.0710. The molecule has 1 atom stereocenters. The molecule has 0 aromatic rings. The number of carbonyl (C=O) groups excluding carboxylic acids is 1. The maximum atomic E-state index is 11.2. The van der Waals surface area contributed by atoms with Crippen LogP contribution in [-0.4, -0.2) is 57.6 Å². The van der Waals surface area contributed by atoms with Gasteiger partial charge in [-0.25, -0.2) is 23.1 Å². The number of sulfonamides is 1. The van der Waals surface area contributed by atoms with E-state index in [1.165, 1.54) is 7.11 Å². The van der Waals surface area contributed by atoms with Gasteiger partial charge in [-0.05, 0) is 6.42 Å². The Balaban J connectivity index is 3.92. The monoisotopic (exact) mass is 283 g/mol. The molecular weight excluding hydrogens is 266 g/mol. The average Bonchev–Trinajstić information content (AvgIpc) is 2.22. The van der Waals surface area contributed by atoms with Crippen molar-refractivity contribution < 1.29 is 27.9 Å². The van der Waals surface area contributed by atoms with Gasteiger partial charge in [0.2, 0.25) is 10.0 Å². The lowest BCUT2D eigenvalue weighted by atomic mass is 10.3. The van der Waals surface area contributed by atoms with Crippen LogP contribution in [-0.2, 0) is 19.6 Å². The maximum absolute atomic E-state index is 11.2. The summed E-state index contributed by atoms with van der Waals surface area (Å²) >= 11 is 0. The molecule has 106 valence electrons. The largest absolute Gasteiger partial charge is 0.480 e. The molecule has 0 rings (SSSR count). The van der Waals surface area contributed by atoms with Gasteiger partial charge in [0, 0.05) is 13.7 Å². The first-order valence-electron chi connectivity index (χ1n) is 5.03. The Morgan fingerprint density at radius 1 is 1.44 bits per heavy atom. The van der Waals surface area contributed by atoms with E-state index < -0.39 is 28.1 Å². The molecule has 0 spiro atoms. The zero-order valence-corrected chi connectivity index (χ0v) is 10.7. The molecule has 9 nitrogen and oxygen atoms in total. The third kappa shape index (κ3) is 8.73. The van der Waals surface area contributed by atoms with Crippen LogP contribution in [0.5, 0.6) is 0 Å². The van der Waals surface area contributed by atoms with Crippen LogP contribution in [0.4, 0.5) is 4.79 Å². The van der Waals surface area contributed by atoms with E-state index in [0.717, 1.165) is 0 Å². The van der Waals surface area contributed by atoms with Gasteiger partial charge in [0.05, 0.1) is 12.4 Å². The molecule has 0 aliphatic rings. The van der Waals surface area contributed by atoms with Crippen LogP contribution in [0.15, 0.2) is 0 Å². The Bertz CT molecular complexity index is 382. The fourth-order valence-corrected chi connectivity index (χ4v) is 1.57. The van der Waals surface area contributed by atoms with Gasteiger partial charge in [-0.1, -0.05) is 0 Å². The van der Waals surface area contributed by atoms with Crippen molar-refractivity contribution in [1.29, 1.82) is 0 Å². The molecule has 2 amide bonds. The predicted octanol–water partition coefficient (Wildman–Crippen LogP) is -1.94. The number of urea groups is 1. The van der Waals surface area contributed by atoms with E-state index in [1.807, 2.05) is 0 Å². The highest BCUT2D eigenvalue weighted by Gasteiger charge is 2.19. The number of amides is 2. The quantitative estimate of drug-likeness (QED) is 0.381. The molecule has 1 unspecified atom stereocenters. The van der Waals surface area contributed by atoms with Crippen LogP contribution in [0.2, 0.25) is 0 Å². The Morgan fingerprint density at radius 2 is 2.06 bits per heavy atom. The number of primary sulfonamides is 1. The number of hydrogen-bond donors (Lipinski definition) is 4. The number of aliphatic carboxylic acids is 1. The van der Waals surface area contributed by atoms with Crippen LogP contribution in [0.3, 0.4) is 0 Å². The average molecular weight is 283 g/mol. The number of carbonyl (C=O) groups is 2. The summed E-state index contributed by atoms with van der Waals surface area (Å²) < 4.78 is 25.8. The fourth-order valence-electron chi connectivity index (χ4n) is 1.03. The van der Waals surface area contributed by atoms with Crippen molar-refractivity contribution >= 4 is 22.0 Å². The summed E-state index contributed by atoms with van der Waals surface area (Å²) in [5, 5.41) is 17.9. The highest BCUT2D eigenvalue weighted by atomic mass is 32.2. The third-order valence-corrected chi connectivity index (χ3v) is 2.69. The van der Waals surface area contributed by atoms with E-state index in [4.69, 9.17) is 10.2 Å². The van der Waals surface area contributed by atoms with Gasteiger partial charge in [-0.15, -0.1) is 0 Å². The lowest BCUT2D eigenvalue weighted by molar-refractivity contribution is -0.140. The van der Waals surface area contributed by atoms with Crippen LogP contribution >= 0.6 is 0 Å².